The first-order valence-corrected chi connectivity index (χ1v) is 15.3. The van der Waals surface area contributed by atoms with Crippen molar-refractivity contribution in [3.05, 3.63) is 94.0 Å². The van der Waals surface area contributed by atoms with E-state index in [4.69, 9.17) is 27.9 Å². The number of hydrogen-bond acceptors (Lipinski definition) is 5. The summed E-state index contributed by atoms with van der Waals surface area (Å²) in [5.41, 5.74) is 1.57. The first kappa shape index (κ1) is 31.3. The highest BCUT2D eigenvalue weighted by Gasteiger charge is 2.33. The van der Waals surface area contributed by atoms with Gasteiger partial charge in [-0.1, -0.05) is 66.5 Å². The molecule has 0 aliphatic carbocycles. The number of hydrogen-bond donors (Lipinski definition) is 1. The molecule has 1 N–H and O–H groups in total. The van der Waals surface area contributed by atoms with Crippen molar-refractivity contribution in [2.75, 3.05) is 30.8 Å². The Morgan fingerprint density at radius 3 is 2.12 bits per heavy atom. The van der Waals surface area contributed by atoms with Crippen molar-refractivity contribution in [3.8, 4) is 5.75 Å². The Hall–Kier alpha value is -3.27. The van der Waals surface area contributed by atoms with Crippen molar-refractivity contribution >= 4 is 50.7 Å². The zero-order valence-corrected chi connectivity index (χ0v) is 25.0. The lowest BCUT2D eigenvalue weighted by Gasteiger charge is -2.34. The molecule has 0 aliphatic heterocycles. The Morgan fingerprint density at radius 1 is 0.950 bits per heavy atom. The average Bonchev–Trinajstić information content (AvgIpc) is 2.93. The van der Waals surface area contributed by atoms with E-state index in [1.54, 1.807) is 42.5 Å². The quantitative estimate of drug-likeness (QED) is 0.298. The van der Waals surface area contributed by atoms with E-state index >= 15 is 0 Å². The summed E-state index contributed by atoms with van der Waals surface area (Å²) < 4.78 is 31.9. The molecule has 0 unspecified atom stereocenters. The van der Waals surface area contributed by atoms with Crippen LogP contribution in [-0.2, 0) is 32.6 Å². The lowest BCUT2D eigenvalue weighted by molar-refractivity contribution is -0.140. The molecule has 0 aliphatic rings. The fourth-order valence-corrected chi connectivity index (χ4v) is 5.50. The first-order chi connectivity index (χ1) is 19.0. The largest absolute Gasteiger partial charge is 0.497 e. The van der Waals surface area contributed by atoms with Gasteiger partial charge in [-0.25, -0.2) is 8.42 Å². The third-order valence-electron chi connectivity index (χ3n) is 6.25. The molecule has 3 aromatic carbocycles. The van der Waals surface area contributed by atoms with E-state index in [9.17, 15) is 18.0 Å². The summed E-state index contributed by atoms with van der Waals surface area (Å²) in [6.45, 7) is 1.70. The molecular weight excluding hydrogens is 573 g/mol. The molecule has 11 heteroatoms. The van der Waals surface area contributed by atoms with Gasteiger partial charge in [0.05, 0.1) is 19.1 Å². The number of nitrogens with one attached hydrogen (secondary N) is 1. The van der Waals surface area contributed by atoms with Crippen LogP contribution in [0.5, 0.6) is 5.75 Å². The number of rotatable bonds is 13. The van der Waals surface area contributed by atoms with Gasteiger partial charge in [0.15, 0.2) is 0 Å². The Balaban J connectivity index is 2.07. The van der Waals surface area contributed by atoms with E-state index in [-0.39, 0.29) is 24.6 Å². The molecule has 2 amide bonds. The van der Waals surface area contributed by atoms with Gasteiger partial charge in [-0.3, -0.25) is 13.9 Å². The lowest BCUT2D eigenvalue weighted by atomic mass is 10.0. The van der Waals surface area contributed by atoms with Crippen LogP contribution in [0.4, 0.5) is 5.69 Å². The van der Waals surface area contributed by atoms with Gasteiger partial charge in [0.1, 0.15) is 18.3 Å². The van der Waals surface area contributed by atoms with Gasteiger partial charge in [-0.05, 0) is 48.4 Å². The summed E-state index contributed by atoms with van der Waals surface area (Å²) in [6.07, 6.45) is 1.92. The van der Waals surface area contributed by atoms with Crippen LogP contribution < -0.4 is 14.4 Å². The third kappa shape index (κ3) is 8.36. The van der Waals surface area contributed by atoms with Gasteiger partial charge in [0.25, 0.3) is 0 Å². The maximum atomic E-state index is 14.1. The number of benzene rings is 3. The highest BCUT2D eigenvalue weighted by atomic mass is 35.5. The van der Waals surface area contributed by atoms with Crippen molar-refractivity contribution in [1.29, 1.82) is 0 Å². The second kappa shape index (κ2) is 14.4. The highest BCUT2D eigenvalue weighted by molar-refractivity contribution is 7.92. The molecule has 40 heavy (non-hydrogen) atoms. The number of ether oxygens (including phenoxy) is 1. The lowest BCUT2D eigenvalue weighted by Crippen LogP contribution is -2.53. The van der Waals surface area contributed by atoms with Crippen LogP contribution >= 0.6 is 23.2 Å². The number of nitrogens with zero attached hydrogens (tertiary/aromatic N) is 2. The molecule has 0 bridgehead atoms. The van der Waals surface area contributed by atoms with Crippen LogP contribution in [-0.4, -0.2) is 57.6 Å². The molecule has 0 spiro atoms. The smallest absolute Gasteiger partial charge is 0.244 e. The normalized spacial score (nSPS) is 11.9. The average molecular weight is 607 g/mol. The van der Waals surface area contributed by atoms with Crippen molar-refractivity contribution in [2.45, 2.75) is 32.4 Å². The zero-order valence-electron chi connectivity index (χ0n) is 22.6. The second-order valence-electron chi connectivity index (χ2n) is 9.19. The molecule has 8 nitrogen and oxygen atoms in total. The Bertz CT molecular complexity index is 1380. The van der Waals surface area contributed by atoms with Crippen molar-refractivity contribution in [2.24, 2.45) is 0 Å². The second-order valence-corrected chi connectivity index (χ2v) is 11.9. The summed E-state index contributed by atoms with van der Waals surface area (Å²) in [7, 11) is -2.38. The van der Waals surface area contributed by atoms with Gasteiger partial charge >= 0.3 is 0 Å². The van der Waals surface area contributed by atoms with Gasteiger partial charge < -0.3 is 15.0 Å². The predicted molar refractivity (Wildman–Crippen MR) is 159 cm³/mol. The SMILES string of the molecule is CCCNC(=O)[C@H](Cc1ccccc1)N(Cc1c(Cl)cccc1Cl)C(=O)CN(c1ccc(OC)cc1)S(C)(=O)=O. The van der Waals surface area contributed by atoms with Crippen LogP contribution in [0.25, 0.3) is 0 Å². The van der Waals surface area contributed by atoms with E-state index in [0.29, 0.717) is 34.3 Å². The van der Waals surface area contributed by atoms with Crippen molar-refractivity contribution in [3.63, 3.8) is 0 Å². The van der Waals surface area contributed by atoms with Gasteiger partial charge in [-0.2, -0.15) is 0 Å². The highest BCUT2D eigenvalue weighted by Crippen LogP contribution is 2.28. The molecule has 0 aromatic heterocycles. The van der Waals surface area contributed by atoms with E-state index in [1.807, 2.05) is 37.3 Å². The number of carbonyl (C=O) groups is 2. The van der Waals surface area contributed by atoms with Crippen LogP contribution in [0.1, 0.15) is 24.5 Å². The van der Waals surface area contributed by atoms with Crippen molar-refractivity contribution in [1.82, 2.24) is 10.2 Å². The fraction of sp³-hybridized carbons (Fsp3) is 0.310. The molecule has 3 rings (SSSR count). The molecular formula is C29H33Cl2N3O5S. The van der Waals surface area contributed by atoms with E-state index in [2.05, 4.69) is 5.32 Å². The molecule has 0 saturated carbocycles. The number of methoxy groups -OCH3 is 1. The fourth-order valence-electron chi connectivity index (χ4n) is 4.14. The van der Waals surface area contributed by atoms with Crippen molar-refractivity contribution < 1.29 is 22.7 Å². The molecule has 1 atom stereocenters. The maximum absolute atomic E-state index is 14.1. The maximum Gasteiger partial charge on any atom is 0.244 e. The van der Waals surface area contributed by atoms with E-state index in [1.165, 1.54) is 12.0 Å². The number of sulfonamides is 1. The van der Waals surface area contributed by atoms with Crippen LogP contribution in [0.15, 0.2) is 72.8 Å². The molecule has 3 aromatic rings. The number of halogens is 2. The van der Waals surface area contributed by atoms with E-state index < -0.39 is 28.5 Å². The molecule has 0 saturated heterocycles. The number of carbonyl (C=O) groups excluding carboxylic acids is 2. The van der Waals surface area contributed by atoms with Gasteiger partial charge in [0.2, 0.25) is 21.8 Å². The minimum absolute atomic E-state index is 0.103. The van der Waals surface area contributed by atoms with Gasteiger partial charge in [-0.15, -0.1) is 0 Å². The summed E-state index contributed by atoms with van der Waals surface area (Å²) in [5, 5.41) is 3.54. The number of anilines is 1. The minimum Gasteiger partial charge on any atom is -0.497 e. The Labute approximate surface area is 245 Å². The molecule has 214 valence electrons. The van der Waals surface area contributed by atoms with E-state index in [0.717, 1.165) is 16.1 Å². The summed E-state index contributed by atoms with van der Waals surface area (Å²) in [4.78, 5) is 28.9. The van der Waals surface area contributed by atoms with Crippen LogP contribution in [0, 0.1) is 0 Å². The Kier molecular flexibility index (Phi) is 11.2. The molecule has 0 radical (unpaired) electrons. The molecule has 0 fully saturated rings. The topological polar surface area (TPSA) is 96.0 Å². The number of amides is 2. The predicted octanol–water partition coefficient (Wildman–Crippen LogP) is 4.93. The van der Waals surface area contributed by atoms with Gasteiger partial charge in [0, 0.05) is 35.1 Å². The van der Waals surface area contributed by atoms with Crippen LogP contribution in [0.3, 0.4) is 0 Å². The third-order valence-corrected chi connectivity index (χ3v) is 8.10. The summed E-state index contributed by atoms with van der Waals surface area (Å²) >= 11 is 12.9. The van der Waals surface area contributed by atoms with Crippen LogP contribution in [0.2, 0.25) is 10.0 Å². The summed E-state index contributed by atoms with van der Waals surface area (Å²) in [5.74, 6) is -0.420. The first-order valence-electron chi connectivity index (χ1n) is 12.7. The monoisotopic (exact) mass is 605 g/mol. The molecule has 0 heterocycles. The zero-order chi connectivity index (χ0) is 29.3. The standard InChI is InChI=1S/C29H33Cl2N3O5S/c1-4-17-32-29(36)27(18-21-9-6-5-7-10-21)33(19-24-25(30)11-8-12-26(24)31)28(35)20-34(40(3,37)38)22-13-15-23(39-2)16-14-22/h5-16,27H,4,17-20H2,1-3H3,(H,32,36)/t27-/m0/s1. The Morgan fingerprint density at radius 2 is 1.57 bits per heavy atom. The summed E-state index contributed by atoms with van der Waals surface area (Å²) in [6, 6.07) is 19.6. The minimum atomic E-state index is -3.88.